The van der Waals surface area contributed by atoms with Crippen LogP contribution >= 0.6 is 11.6 Å². The summed E-state index contributed by atoms with van der Waals surface area (Å²) in [5.74, 6) is 0.169. The maximum atomic E-state index is 12.8. The SMILES string of the molecule is Cc1cc(=O)oc2cc(OCC(=O)c3cc(C)n(CC4CCCO4)c3C)c(Cl)cc12. The Hall–Kier alpha value is -2.57. The van der Waals surface area contributed by atoms with Gasteiger partial charge in [-0.05, 0) is 51.3 Å². The number of hydrogen-bond acceptors (Lipinski definition) is 5. The number of halogens is 1. The molecule has 0 saturated carbocycles. The van der Waals surface area contributed by atoms with E-state index in [1.54, 1.807) is 12.1 Å². The minimum Gasteiger partial charge on any atom is -0.484 e. The summed E-state index contributed by atoms with van der Waals surface area (Å²) in [4.78, 5) is 24.5. The minimum atomic E-state index is -0.442. The molecule has 0 radical (unpaired) electrons. The Morgan fingerprint density at radius 1 is 1.23 bits per heavy atom. The van der Waals surface area contributed by atoms with E-state index in [1.807, 2.05) is 26.8 Å². The molecule has 0 spiro atoms. The molecule has 0 bridgehead atoms. The molecule has 3 heterocycles. The van der Waals surface area contributed by atoms with Crippen LogP contribution in [-0.2, 0) is 11.3 Å². The fourth-order valence-electron chi connectivity index (χ4n) is 4.01. The number of rotatable bonds is 6. The van der Waals surface area contributed by atoms with Crippen molar-refractivity contribution in [3.8, 4) is 5.75 Å². The number of ketones is 1. The molecule has 1 atom stereocenters. The topological polar surface area (TPSA) is 70.7 Å². The summed E-state index contributed by atoms with van der Waals surface area (Å²) in [5, 5.41) is 1.09. The molecule has 4 rings (SSSR count). The van der Waals surface area contributed by atoms with Crippen LogP contribution in [0, 0.1) is 20.8 Å². The molecule has 2 aromatic heterocycles. The van der Waals surface area contributed by atoms with Crippen molar-refractivity contribution in [2.24, 2.45) is 0 Å². The highest BCUT2D eigenvalue weighted by Gasteiger charge is 2.21. The van der Waals surface area contributed by atoms with Gasteiger partial charge in [0.2, 0.25) is 5.78 Å². The lowest BCUT2D eigenvalue weighted by Gasteiger charge is -2.15. The molecule has 0 amide bonds. The van der Waals surface area contributed by atoms with Crippen LogP contribution < -0.4 is 10.4 Å². The van der Waals surface area contributed by atoms with Gasteiger partial charge in [0.1, 0.15) is 11.3 Å². The number of benzene rings is 1. The highest BCUT2D eigenvalue weighted by molar-refractivity contribution is 6.32. The number of Topliss-reactive ketones (excluding diaryl/α,β-unsaturated/α-hetero) is 1. The van der Waals surface area contributed by atoms with Crippen LogP contribution in [0.15, 0.2) is 33.5 Å². The molecule has 7 heteroatoms. The first kappa shape index (κ1) is 20.7. The monoisotopic (exact) mass is 429 g/mol. The Labute approximate surface area is 179 Å². The predicted octanol–water partition coefficient (Wildman–Crippen LogP) is 4.61. The molecule has 158 valence electrons. The summed E-state index contributed by atoms with van der Waals surface area (Å²) in [5.41, 5.74) is 3.26. The zero-order valence-electron chi connectivity index (χ0n) is 17.3. The minimum absolute atomic E-state index is 0.136. The second kappa shape index (κ2) is 8.28. The molecule has 6 nitrogen and oxygen atoms in total. The van der Waals surface area contributed by atoms with Gasteiger partial charge in [-0.15, -0.1) is 0 Å². The standard InChI is InChI=1S/C23H24ClNO5/c1-13-7-23(27)30-21-10-22(19(24)9-17(13)21)29-12-20(26)18-8-14(2)25(15(18)3)11-16-5-4-6-28-16/h7-10,16H,4-6,11-12H2,1-3H3. The Kier molecular flexibility index (Phi) is 5.71. The summed E-state index contributed by atoms with van der Waals surface area (Å²) >= 11 is 6.33. The van der Waals surface area contributed by atoms with E-state index in [0.29, 0.717) is 21.9 Å². The second-order valence-electron chi connectivity index (χ2n) is 7.77. The summed E-state index contributed by atoms with van der Waals surface area (Å²) in [6.45, 7) is 7.13. The van der Waals surface area contributed by atoms with Gasteiger partial charge in [0.25, 0.3) is 0 Å². The molecule has 3 aromatic rings. The van der Waals surface area contributed by atoms with Crippen molar-refractivity contribution in [2.45, 2.75) is 46.3 Å². The van der Waals surface area contributed by atoms with E-state index in [-0.39, 0.29) is 18.5 Å². The van der Waals surface area contributed by atoms with Crippen molar-refractivity contribution in [1.82, 2.24) is 4.57 Å². The van der Waals surface area contributed by atoms with E-state index in [2.05, 4.69) is 4.57 Å². The normalized spacial score (nSPS) is 16.3. The molecule has 1 unspecified atom stereocenters. The average Bonchev–Trinajstić information content (AvgIpc) is 3.30. The highest BCUT2D eigenvalue weighted by Crippen LogP contribution is 2.31. The molecule has 1 aliphatic rings. The van der Waals surface area contributed by atoms with Gasteiger partial charge in [-0.1, -0.05) is 11.6 Å². The first-order valence-electron chi connectivity index (χ1n) is 10.0. The van der Waals surface area contributed by atoms with E-state index in [0.717, 1.165) is 48.3 Å². The van der Waals surface area contributed by atoms with E-state index < -0.39 is 5.63 Å². The van der Waals surface area contributed by atoms with E-state index in [4.69, 9.17) is 25.5 Å². The van der Waals surface area contributed by atoms with Gasteiger partial charge in [-0.3, -0.25) is 4.79 Å². The third-order valence-electron chi connectivity index (χ3n) is 5.65. The van der Waals surface area contributed by atoms with E-state index in [1.165, 1.54) is 6.07 Å². The Morgan fingerprint density at radius 2 is 2.03 bits per heavy atom. The number of carbonyl (C=O) groups excluding carboxylic acids is 1. The fourth-order valence-corrected chi connectivity index (χ4v) is 4.23. The lowest BCUT2D eigenvalue weighted by molar-refractivity contribution is 0.0914. The summed E-state index contributed by atoms with van der Waals surface area (Å²) in [6, 6.07) is 6.54. The largest absolute Gasteiger partial charge is 0.484 e. The Morgan fingerprint density at radius 3 is 2.77 bits per heavy atom. The van der Waals surface area contributed by atoms with Crippen LogP contribution in [0.2, 0.25) is 5.02 Å². The van der Waals surface area contributed by atoms with Crippen LogP contribution in [-0.4, -0.2) is 29.7 Å². The predicted molar refractivity (Wildman–Crippen MR) is 115 cm³/mol. The number of aryl methyl sites for hydroxylation is 2. The van der Waals surface area contributed by atoms with Gasteiger partial charge < -0.3 is 18.5 Å². The van der Waals surface area contributed by atoms with Crippen molar-refractivity contribution < 1.29 is 18.7 Å². The fraction of sp³-hybridized carbons (Fsp3) is 0.391. The van der Waals surface area contributed by atoms with Crippen molar-refractivity contribution in [3.05, 3.63) is 62.2 Å². The molecular formula is C23H24ClNO5. The van der Waals surface area contributed by atoms with E-state index >= 15 is 0 Å². The third-order valence-corrected chi connectivity index (χ3v) is 5.94. The van der Waals surface area contributed by atoms with Crippen LogP contribution in [0.5, 0.6) is 5.75 Å². The first-order valence-corrected chi connectivity index (χ1v) is 10.4. The smallest absolute Gasteiger partial charge is 0.336 e. The van der Waals surface area contributed by atoms with Crippen molar-refractivity contribution in [3.63, 3.8) is 0 Å². The van der Waals surface area contributed by atoms with Gasteiger partial charge in [0, 0.05) is 47.6 Å². The molecule has 1 saturated heterocycles. The molecule has 0 N–H and O–H groups in total. The van der Waals surface area contributed by atoms with Crippen molar-refractivity contribution in [2.75, 3.05) is 13.2 Å². The molecule has 0 aliphatic carbocycles. The maximum Gasteiger partial charge on any atom is 0.336 e. The van der Waals surface area contributed by atoms with Gasteiger partial charge >= 0.3 is 5.63 Å². The van der Waals surface area contributed by atoms with E-state index in [9.17, 15) is 9.59 Å². The molecule has 30 heavy (non-hydrogen) atoms. The zero-order valence-corrected chi connectivity index (χ0v) is 18.0. The van der Waals surface area contributed by atoms with Gasteiger partial charge in [-0.25, -0.2) is 4.79 Å². The summed E-state index contributed by atoms with van der Waals surface area (Å²) in [6.07, 6.45) is 2.32. The molecule has 1 aromatic carbocycles. The highest BCUT2D eigenvalue weighted by atomic mass is 35.5. The number of fused-ring (bicyclic) bond motifs is 1. The van der Waals surface area contributed by atoms with Crippen molar-refractivity contribution in [1.29, 1.82) is 0 Å². The molecule has 1 fully saturated rings. The second-order valence-corrected chi connectivity index (χ2v) is 8.18. The summed E-state index contributed by atoms with van der Waals surface area (Å²) in [7, 11) is 0. The van der Waals surface area contributed by atoms with Crippen molar-refractivity contribution >= 4 is 28.4 Å². The summed E-state index contributed by atoms with van der Waals surface area (Å²) < 4.78 is 18.8. The van der Waals surface area contributed by atoms with Gasteiger partial charge in [-0.2, -0.15) is 0 Å². The maximum absolute atomic E-state index is 12.8. The van der Waals surface area contributed by atoms with Crippen LogP contribution in [0.3, 0.4) is 0 Å². The van der Waals surface area contributed by atoms with Gasteiger partial charge in [0.15, 0.2) is 6.61 Å². The molecule has 1 aliphatic heterocycles. The number of hydrogen-bond donors (Lipinski definition) is 0. The number of carbonyl (C=O) groups is 1. The average molecular weight is 430 g/mol. The zero-order chi connectivity index (χ0) is 21.4. The number of nitrogens with zero attached hydrogens (tertiary/aromatic N) is 1. The number of ether oxygens (including phenoxy) is 2. The van der Waals surface area contributed by atoms with Gasteiger partial charge in [0.05, 0.1) is 11.1 Å². The lowest BCUT2D eigenvalue weighted by Crippen LogP contribution is -2.18. The Balaban J connectivity index is 1.52. The molecular weight excluding hydrogens is 406 g/mol. The quantitative estimate of drug-likeness (QED) is 0.422. The van der Waals surface area contributed by atoms with Crippen LogP contribution in [0.25, 0.3) is 11.0 Å². The number of aromatic nitrogens is 1. The Bertz CT molecular complexity index is 1170. The van der Waals surface area contributed by atoms with Crippen LogP contribution in [0.1, 0.15) is 40.2 Å². The van der Waals surface area contributed by atoms with Crippen LogP contribution in [0.4, 0.5) is 0 Å². The lowest BCUT2D eigenvalue weighted by atomic mass is 10.1. The third kappa shape index (κ3) is 4.02. The first-order chi connectivity index (χ1) is 14.3.